The number of hydrogen-bond acceptors (Lipinski definition) is 2. The van der Waals surface area contributed by atoms with Crippen LogP contribution in [-0.4, -0.2) is 13.7 Å². The van der Waals surface area contributed by atoms with Gasteiger partial charge in [-0.1, -0.05) is 19.8 Å². The van der Waals surface area contributed by atoms with Gasteiger partial charge in [0.1, 0.15) is 11.5 Å². The molecule has 0 aliphatic heterocycles. The Labute approximate surface area is 141 Å². The maximum absolute atomic E-state index is 5.98. The van der Waals surface area contributed by atoms with Crippen LogP contribution in [0.3, 0.4) is 0 Å². The second kappa shape index (κ2) is 8.08. The first kappa shape index (κ1) is 16.7. The zero-order valence-electron chi connectivity index (χ0n) is 14.8. The van der Waals surface area contributed by atoms with Crippen molar-refractivity contribution < 1.29 is 9.47 Å². The average Bonchev–Trinajstić information content (AvgIpc) is 2.61. The predicted molar refractivity (Wildman–Crippen MR) is 95.1 cm³/mol. The monoisotopic (exact) mass is 316 g/mol. The van der Waals surface area contributed by atoms with Gasteiger partial charge in [-0.05, 0) is 86.5 Å². The van der Waals surface area contributed by atoms with Crippen molar-refractivity contribution in [2.45, 2.75) is 58.3 Å². The highest BCUT2D eigenvalue weighted by Crippen LogP contribution is 2.41. The molecule has 0 bridgehead atoms. The van der Waals surface area contributed by atoms with Gasteiger partial charge in [0, 0.05) is 0 Å². The largest absolute Gasteiger partial charge is 0.497 e. The Morgan fingerprint density at radius 2 is 1.30 bits per heavy atom. The van der Waals surface area contributed by atoms with E-state index in [2.05, 4.69) is 6.92 Å². The van der Waals surface area contributed by atoms with E-state index in [1.54, 1.807) is 7.11 Å². The van der Waals surface area contributed by atoms with E-state index in [1.165, 1.54) is 51.4 Å². The molecule has 0 atom stereocenters. The van der Waals surface area contributed by atoms with Crippen LogP contribution < -0.4 is 9.47 Å². The normalized spacial score (nSPS) is 31.6. The van der Waals surface area contributed by atoms with Crippen molar-refractivity contribution in [3.8, 4) is 11.5 Å². The molecule has 0 N–H and O–H groups in total. The van der Waals surface area contributed by atoms with Gasteiger partial charge in [-0.25, -0.2) is 0 Å². The van der Waals surface area contributed by atoms with E-state index in [0.29, 0.717) is 0 Å². The van der Waals surface area contributed by atoms with Crippen molar-refractivity contribution in [2.24, 2.45) is 23.7 Å². The molecule has 0 heterocycles. The van der Waals surface area contributed by atoms with Crippen molar-refractivity contribution >= 4 is 0 Å². The third kappa shape index (κ3) is 4.65. The Bertz CT molecular complexity index is 451. The summed E-state index contributed by atoms with van der Waals surface area (Å²) in [6.45, 7) is 3.30. The van der Waals surface area contributed by atoms with Crippen LogP contribution in [0.4, 0.5) is 0 Å². The predicted octanol–water partition coefficient (Wildman–Crippen LogP) is 5.71. The van der Waals surface area contributed by atoms with Crippen molar-refractivity contribution in [3.05, 3.63) is 24.3 Å². The number of benzene rings is 1. The highest BCUT2D eigenvalue weighted by molar-refractivity contribution is 5.31. The molecule has 2 aliphatic rings. The van der Waals surface area contributed by atoms with Gasteiger partial charge in [-0.2, -0.15) is 0 Å². The number of rotatable bonds is 5. The van der Waals surface area contributed by atoms with E-state index in [9.17, 15) is 0 Å². The van der Waals surface area contributed by atoms with Gasteiger partial charge in [0.15, 0.2) is 0 Å². The van der Waals surface area contributed by atoms with Gasteiger partial charge >= 0.3 is 0 Å². The molecule has 0 aromatic heterocycles. The summed E-state index contributed by atoms with van der Waals surface area (Å²) in [4.78, 5) is 0. The summed E-state index contributed by atoms with van der Waals surface area (Å²) in [5.41, 5.74) is 0. The molecule has 2 nitrogen and oxygen atoms in total. The second-order valence-corrected chi connectivity index (χ2v) is 7.79. The average molecular weight is 316 g/mol. The van der Waals surface area contributed by atoms with Crippen molar-refractivity contribution in [1.82, 2.24) is 0 Å². The summed E-state index contributed by atoms with van der Waals surface area (Å²) in [6, 6.07) is 7.95. The minimum atomic E-state index is 0.746. The molecule has 0 unspecified atom stereocenters. The van der Waals surface area contributed by atoms with Crippen LogP contribution >= 0.6 is 0 Å². The zero-order valence-corrected chi connectivity index (χ0v) is 14.8. The van der Waals surface area contributed by atoms with Crippen LogP contribution in [0.25, 0.3) is 0 Å². The minimum absolute atomic E-state index is 0.746. The van der Waals surface area contributed by atoms with Crippen molar-refractivity contribution in [3.63, 3.8) is 0 Å². The third-order valence-electron chi connectivity index (χ3n) is 6.16. The lowest BCUT2D eigenvalue weighted by Gasteiger charge is -2.37. The Hall–Kier alpha value is -1.18. The van der Waals surface area contributed by atoms with E-state index in [0.717, 1.165) is 41.8 Å². The fourth-order valence-corrected chi connectivity index (χ4v) is 4.47. The fraction of sp³-hybridized carbons (Fsp3) is 0.714. The molecule has 0 radical (unpaired) electrons. The summed E-state index contributed by atoms with van der Waals surface area (Å²) in [6.07, 6.45) is 11.5. The maximum atomic E-state index is 5.98. The Kier molecular flexibility index (Phi) is 5.85. The first-order valence-corrected chi connectivity index (χ1v) is 9.51. The van der Waals surface area contributed by atoms with Crippen LogP contribution in [0.15, 0.2) is 24.3 Å². The fourth-order valence-electron chi connectivity index (χ4n) is 4.47. The van der Waals surface area contributed by atoms with Crippen molar-refractivity contribution in [1.29, 1.82) is 0 Å². The molecular weight excluding hydrogens is 284 g/mol. The molecular formula is C21H32O2. The molecule has 2 heteroatoms. The SMILES string of the molecule is COc1ccc(OCC2CCC(C3CCC(C)CC3)CC2)cc1. The lowest BCUT2D eigenvalue weighted by molar-refractivity contribution is 0.126. The van der Waals surface area contributed by atoms with Gasteiger partial charge in [-0.15, -0.1) is 0 Å². The molecule has 1 aromatic rings. The van der Waals surface area contributed by atoms with Crippen LogP contribution in [0.5, 0.6) is 11.5 Å². The third-order valence-corrected chi connectivity index (χ3v) is 6.16. The highest BCUT2D eigenvalue weighted by atomic mass is 16.5. The quantitative estimate of drug-likeness (QED) is 0.693. The summed E-state index contributed by atoms with van der Waals surface area (Å²) in [5, 5.41) is 0. The molecule has 0 amide bonds. The molecule has 0 spiro atoms. The van der Waals surface area contributed by atoms with Crippen LogP contribution in [0, 0.1) is 23.7 Å². The second-order valence-electron chi connectivity index (χ2n) is 7.79. The number of hydrogen-bond donors (Lipinski definition) is 0. The number of methoxy groups -OCH3 is 1. The topological polar surface area (TPSA) is 18.5 Å². The summed E-state index contributed by atoms with van der Waals surface area (Å²) in [5.74, 6) is 5.60. The van der Waals surface area contributed by atoms with Gasteiger partial charge in [0.25, 0.3) is 0 Å². The summed E-state index contributed by atoms with van der Waals surface area (Å²) in [7, 11) is 1.70. The standard InChI is InChI=1S/C21H32O2/c1-16-3-7-18(8-4-16)19-9-5-17(6-10-19)15-23-21-13-11-20(22-2)12-14-21/h11-14,16-19H,3-10,15H2,1-2H3. The molecule has 23 heavy (non-hydrogen) atoms. The summed E-state index contributed by atoms with van der Waals surface area (Å²) >= 11 is 0. The molecule has 3 rings (SSSR count). The van der Waals surface area contributed by atoms with Crippen LogP contribution in [0.2, 0.25) is 0 Å². The van der Waals surface area contributed by atoms with Gasteiger partial charge < -0.3 is 9.47 Å². The van der Waals surface area contributed by atoms with Crippen LogP contribution in [-0.2, 0) is 0 Å². The summed E-state index contributed by atoms with van der Waals surface area (Å²) < 4.78 is 11.2. The van der Waals surface area contributed by atoms with Gasteiger partial charge in [0.05, 0.1) is 13.7 Å². The Balaban J connectivity index is 1.38. The lowest BCUT2D eigenvalue weighted by Crippen LogP contribution is -2.27. The highest BCUT2D eigenvalue weighted by Gasteiger charge is 2.30. The van der Waals surface area contributed by atoms with Gasteiger partial charge in [-0.3, -0.25) is 0 Å². The Morgan fingerprint density at radius 1 is 0.783 bits per heavy atom. The minimum Gasteiger partial charge on any atom is -0.497 e. The smallest absolute Gasteiger partial charge is 0.119 e. The molecule has 2 fully saturated rings. The van der Waals surface area contributed by atoms with E-state index in [-0.39, 0.29) is 0 Å². The van der Waals surface area contributed by atoms with E-state index in [1.807, 2.05) is 24.3 Å². The molecule has 0 saturated heterocycles. The molecule has 2 aliphatic carbocycles. The van der Waals surface area contributed by atoms with E-state index >= 15 is 0 Å². The first-order valence-electron chi connectivity index (χ1n) is 9.51. The zero-order chi connectivity index (χ0) is 16.1. The van der Waals surface area contributed by atoms with Crippen molar-refractivity contribution in [2.75, 3.05) is 13.7 Å². The maximum Gasteiger partial charge on any atom is 0.119 e. The van der Waals surface area contributed by atoms with Gasteiger partial charge in [0.2, 0.25) is 0 Å². The molecule has 128 valence electrons. The molecule has 2 saturated carbocycles. The van der Waals surface area contributed by atoms with E-state index < -0.39 is 0 Å². The van der Waals surface area contributed by atoms with Crippen LogP contribution in [0.1, 0.15) is 58.3 Å². The van der Waals surface area contributed by atoms with E-state index in [4.69, 9.17) is 9.47 Å². The number of ether oxygens (including phenoxy) is 2. The first-order chi connectivity index (χ1) is 11.2. The Morgan fingerprint density at radius 3 is 1.87 bits per heavy atom. The molecule has 1 aromatic carbocycles. The lowest BCUT2D eigenvalue weighted by atomic mass is 9.69.